The molecule has 0 atom stereocenters. The second-order valence-electron chi connectivity index (χ2n) is 4.93. The van der Waals surface area contributed by atoms with Crippen molar-refractivity contribution in [3.05, 3.63) is 52.2 Å². The SMILES string of the molecule is c1csc(-c2nc(-c3ccc4c(c3)CCNC4)cs2)c1. The molecule has 3 aromatic rings. The number of rotatable bonds is 2. The van der Waals surface area contributed by atoms with Gasteiger partial charge in [0.15, 0.2) is 0 Å². The maximum Gasteiger partial charge on any atom is 0.134 e. The molecule has 0 amide bonds. The zero-order valence-corrected chi connectivity index (χ0v) is 12.6. The summed E-state index contributed by atoms with van der Waals surface area (Å²) in [6.45, 7) is 2.07. The smallest absolute Gasteiger partial charge is 0.134 e. The van der Waals surface area contributed by atoms with Crippen LogP contribution in [0.4, 0.5) is 0 Å². The first-order valence-electron chi connectivity index (χ1n) is 6.72. The average Bonchev–Trinajstić information content (AvgIpc) is 3.17. The zero-order valence-electron chi connectivity index (χ0n) is 10.9. The normalized spacial score (nSPS) is 14.2. The predicted molar refractivity (Wildman–Crippen MR) is 86.3 cm³/mol. The summed E-state index contributed by atoms with van der Waals surface area (Å²) in [7, 11) is 0. The molecule has 2 aromatic heterocycles. The van der Waals surface area contributed by atoms with E-state index in [9.17, 15) is 0 Å². The van der Waals surface area contributed by atoms with Crippen LogP contribution in [-0.2, 0) is 13.0 Å². The van der Waals surface area contributed by atoms with Gasteiger partial charge in [-0.1, -0.05) is 18.2 Å². The third-order valence-electron chi connectivity index (χ3n) is 3.62. The van der Waals surface area contributed by atoms with Gasteiger partial charge in [-0.15, -0.1) is 22.7 Å². The number of thiazole rings is 1. The summed E-state index contributed by atoms with van der Waals surface area (Å²) in [6.07, 6.45) is 1.12. The predicted octanol–water partition coefficient (Wildman–Crippen LogP) is 4.18. The van der Waals surface area contributed by atoms with Gasteiger partial charge in [0.05, 0.1) is 10.6 Å². The lowest BCUT2D eigenvalue weighted by Crippen LogP contribution is -2.23. The Bertz CT molecular complexity index is 729. The van der Waals surface area contributed by atoms with Crippen LogP contribution in [0.1, 0.15) is 11.1 Å². The first kappa shape index (κ1) is 12.3. The fourth-order valence-corrected chi connectivity index (χ4v) is 4.20. The minimum atomic E-state index is 0.993. The van der Waals surface area contributed by atoms with E-state index in [1.54, 1.807) is 22.7 Å². The van der Waals surface area contributed by atoms with Gasteiger partial charge in [-0.3, -0.25) is 0 Å². The summed E-state index contributed by atoms with van der Waals surface area (Å²) in [5, 5.41) is 8.79. The van der Waals surface area contributed by atoms with E-state index in [0.717, 1.165) is 30.2 Å². The van der Waals surface area contributed by atoms with Crippen molar-refractivity contribution in [3.63, 3.8) is 0 Å². The molecule has 100 valence electrons. The van der Waals surface area contributed by atoms with Gasteiger partial charge < -0.3 is 5.32 Å². The number of thiophene rings is 1. The highest BCUT2D eigenvalue weighted by molar-refractivity contribution is 7.20. The van der Waals surface area contributed by atoms with E-state index in [1.807, 2.05) is 0 Å². The van der Waals surface area contributed by atoms with Gasteiger partial charge in [0, 0.05) is 17.5 Å². The van der Waals surface area contributed by atoms with Crippen molar-refractivity contribution in [2.75, 3.05) is 6.54 Å². The standard InChI is InChI=1S/C16H14N2S2/c1-2-15(19-7-1)16-18-14(10-20-16)12-3-4-13-9-17-6-5-11(13)8-12/h1-4,7-8,10,17H,5-6,9H2. The lowest BCUT2D eigenvalue weighted by atomic mass is 9.98. The summed E-state index contributed by atoms with van der Waals surface area (Å²) >= 11 is 3.47. The summed E-state index contributed by atoms with van der Waals surface area (Å²) < 4.78 is 0. The molecule has 1 aliphatic heterocycles. The monoisotopic (exact) mass is 298 g/mol. The van der Waals surface area contributed by atoms with Crippen molar-refractivity contribution in [2.45, 2.75) is 13.0 Å². The summed E-state index contributed by atoms with van der Waals surface area (Å²) in [4.78, 5) is 6.04. The Kier molecular flexibility index (Phi) is 3.14. The number of aromatic nitrogens is 1. The fraction of sp³-hybridized carbons (Fsp3) is 0.188. The Morgan fingerprint density at radius 3 is 3.00 bits per heavy atom. The van der Waals surface area contributed by atoms with Crippen molar-refractivity contribution >= 4 is 22.7 Å². The number of fused-ring (bicyclic) bond motifs is 1. The van der Waals surface area contributed by atoms with Crippen LogP contribution in [0.5, 0.6) is 0 Å². The lowest BCUT2D eigenvalue weighted by molar-refractivity contribution is 0.644. The van der Waals surface area contributed by atoms with Gasteiger partial charge in [0.2, 0.25) is 0 Å². The van der Waals surface area contributed by atoms with Crippen LogP contribution in [0, 0.1) is 0 Å². The van der Waals surface area contributed by atoms with Crippen LogP contribution in [0.25, 0.3) is 21.1 Å². The third kappa shape index (κ3) is 2.20. The lowest BCUT2D eigenvalue weighted by Gasteiger charge is -2.17. The second-order valence-corrected chi connectivity index (χ2v) is 6.73. The average molecular weight is 298 g/mol. The number of hydrogen-bond acceptors (Lipinski definition) is 4. The Labute approximate surface area is 126 Å². The fourth-order valence-electron chi connectivity index (χ4n) is 2.56. The minimum Gasteiger partial charge on any atom is -0.312 e. The van der Waals surface area contributed by atoms with E-state index in [1.165, 1.54) is 21.6 Å². The van der Waals surface area contributed by atoms with Crippen molar-refractivity contribution in [2.24, 2.45) is 0 Å². The van der Waals surface area contributed by atoms with E-state index in [2.05, 4.69) is 46.4 Å². The van der Waals surface area contributed by atoms with Crippen molar-refractivity contribution in [3.8, 4) is 21.1 Å². The highest BCUT2D eigenvalue weighted by Crippen LogP contribution is 2.32. The van der Waals surface area contributed by atoms with Gasteiger partial charge in [-0.05, 0) is 41.6 Å². The molecule has 1 aliphatic rings. The molecule has 0 radical (unpaired) electrons. The number of nitrogens with zero attached hydrogens (tertiary/aromatic N) is 1. The second kappa shape index (κ2) is 5.13. The van der Waals surface area contributed by atoms with E-state index in [4.69, 9.17) is 4.98 Å². The van der Waals surface area contributed by atoms with Crippen molar-refractivity contribution in [1.29, 1.82) is 0 Å². The van der Waals surface area contributed by atoms with Gasteiger partial charge in [0.25, 0.3) is 0 Å². The summed E-state index contributed by atoms with van der Waals surface area (Å²) in [6, 6.07) is 10.9. The number of hydrogen-bond donors (Lipinski definition) is 1. The van der Waals surface area contributed by atoms with Crippen LogP contribution >= 0.6 is 22.7 Å². The van der Waals surface area contributed by atoms with Crippen LogP contribution in [0.15, 0.2) is 41.1 Å². The maximum atomic E-state index is 4.79. The minimum absolute atomic E-state index is 0.993. The molecule has 0 saturated carbocycles. The Balaban J connectivity index is 1.71. The molecule has 0 fully saturated rings. The van der Waals surface area contributed by atoms with Gasteiger partial charge in [0.1, 0.15) is 5.01 Å². The molecule has 1 aromatic carbocycles. The van der Waals surface area contributed by atoms with E-state index in [0.29, 0.717) is 0 Å². The van der Waals surface area contributed by atoms with Crippen LogP contribution in [0.2, 0.25) is 0 Å². The van der Waals surface area contributed by atoms with E-state index < -0.39 is 0 Å². The molecule has 0 bridgehead atoms. The highest BCUT2D eigenvalue weighted by atomic mass is 32.1. The topological polar surface area (TPSA) is 24.9 Å². The third-order valence-corrected chi connectivity index (χ3v) is 5.51. The molecule has 4 heteroatoms. The van der Waals surface area contributed by atoms with Crippen molar-refractivity contribution in [1.82, 2.24) is 10.3 Å². The van der Waals surface area contributed by atoms with Crippen LogP contribution < -0.4 is 5.32 Å². The van der Waals surface area contributed by atoms with Gasteiger partial charge in [-0.25, -0.2) is 4.98 Å². The Morgan fingerprint density at radius 2 is 2.10 bits per heavy atom. The largest absolute Gasteiger partial charge is 0.312 e. The highest BCUT2D eigenvalue weighted by Gasteiger charge is 2.12. The molecule has 1 N–H and O–H groups in total. The Hall–Kier alpha value is -1.49. The van der Waals surface area contributed by atoms with Gasteiger partial charge >= 0.3 is 0 Å². The maximum absolute atomic E-state index is 4.79. The molecule has 0 unspecified atom stereocenters. The van der Waals surface area contributed by atoms with Gasteiger partial charge in [-0.2, -0.15) is 0 Å². The molecule has 20 heavy (non-hydrogen) atoms. The molecule has 4 rings (SSSR count). The van der Waals surface area contributed by atoms with Crippen molar-refractivity contribution < 1.29 is 0 Å². The molecule has 3 heterocycles. The Morgan fingerprint density at radius 1 is 1.10 bits per heavy atom. The summed E-state index contributed by atoms with van der Waals surface area (Å²) in [5.74, 6) is 0. The molecular formula is C16H14N2S2. The van der Waals surface area contributed by atoms with E-state index in [-0.39, 0.29) is 0 Å². The van der Waals surface area contributed by atoms with Crippen LogP contribution in [0.3, 0.4) is 0 Å². The quantitative estimate of drug-likeness (QED) is 0.767. The molecule has 0 spiro atoms. The van der Waals surface area contributed by atoms with E-state index >= 15 is 0 Å². The molecule has 0 aliphatic carbocycles. The number of nitrogens with one attached hydrogen (secondary N) is 1. The first-order chi connectivity index (χ1) is 9.90. The first-order valence-corrected chi connectivity index (χ1v) is 8.48. The number of benzene rings is 1. The summed E-state index contributed by atoms with van der Waals surface area (Å²) in [5.41, 5.74) is 5.23. The molecular weight excluding hydrogens is 284 g/mol. The molecule has 2 nitrogen and oxygen atoms in total. The molecule has 0 saturated heterocycles. The van der Waals surface area contributed by atoms with Crippen LogP contribution in [-0.4, -0.2) is 11.5 Å². The zero-order chi connectivity index (χ0) is 13.4.